The van der Waals surface area contributed by atoms with E-state index >= 15 is 0 Å². The van der Waals surface area contributed by atoms with Gasteiger partial charge in [-0.25, -0.2) is 9.18 Å². The van der Waals surface area contributed by atoms with Gasteiger partial charge in [-0.1, -0.05) is 24.3 Å². The number of hydrogen-bond acceptors (Lipinski definition) is 3. The average Bonchev–Trinajstić information content (AvgIpc) is 3.05. The molecule has 1 fully saturated rings. The van der Waals surface area contributed by atoms with Crippen molar-refractivity contribution in [1.82, 2.24) is 0 Å². The zero-order chi connectivity index (χ0) is 17.2. The van der Waals surface area contributed by atoms with Crippen LogP contribution in [-0.2, 0) is 16.0 Å². The Morgan fingerprint density at radius 2 is 2.04 bits per heavy atom. The molecule has 5 heteroatoms. The Morgan fingerprint density at radius 1 is 1.29 bits per heavy atom. The van der Waals surface area contributed by atoms with Crippen LogP contribution in [0.2, 0.25) is 0 Å². The molecule has 2 aromatic rings. The van der Waals surface area contributed by atoms with Crippen LogP contribution in [0.3, 0.4) is 0 Å². The van der Waals surface area contributed by atoms with Crippen molar-refractivity contribution in [3.8, 4) is 16.9 Å². The van der Waals surface area contributed by atoms with Gasteiger partial charge in [0.2, 0.25) is 0 Å². The molecule has 1 aliphatic rings. The van der Waals surface area contributed by atoms with Crippen molar-refractivity contribution >= 4 is 5.97 Å². The Kier molecular flexibility index (Phi) is 4.53. The quantitative estimate of drug-likeness (QED) is 0.909. The van der Waals surface area contributed by atoms with Crippen molar-refractivity contribution < 1.29 is 23.8 Å². The Labute approximate surface area is 139 Å². The van der Waals surface area contributed by atoms with Crippen LogP contribution >= 0.6 is 0 Å². The number of rotatable bonds is 5. The molecule has 0 aliphatic carbocycles. The monoisotopic (exact) mass is 330 g/mol. The predicted molar refractivity (Wildman–Crippen MR) is 87.6 cm³/mol. The average molecular weight is 330 g/mol. The standard InChI is InChI=1S/C19H19FO4/c1-23-17-8-7-15(20)11-16(17)14-5-3-13(4-6-14)12-19(18(21)22)9-2-10-24-19/h3-8,11H,2,9-10,12H2,1H3,(H,21,22). The van der Waals surface area contributed by atoms with Crippen LogP contribution in [0.25, 0.3) is 11.1 Å². The van der Waals surface area contributed by atoms with Gasteiger partial charge in [0.25, 0.3) is 0 Å². The number of methoxy groups -OCH3 is 1. The van der Waals surface area contributed by atoms with E-state index in [0.29, 0.717) is 30.8 Å². The highest BCUT2D eigenvalue weighted by Gasteiger charge is 2.42. The second kappa shape index (κ2) is 6.61. The highest BCUT2D eigenvalue weighted by Crippen LogP contribution is 2.33. The normalized spacial score (nSPS) is 20.1. The lowest BCUT2D eigenvalue weighted by atomic mass is 9.91. The molecular formula is C19H19FO4. The number of hydrogen-bond donors (Lipinski definition) is 1. The van der Waals surface area contributed by atoms with Gasteiger partial charge in [0.15, 0.2) is 5.60 Å². The largest absolute Gasteiger partial charge is 0.496 e. The molecule has 0 radical (unpaired) electrons. The Hall–Kier alpha value is -2.40. The fraction of sp³-hybridized carbons (Fsp3) is 0.316. The van der Waals surface area contributed by atoms with E-state index in [9.17, 15) is 14.3 Å². The van der Waals surface area contributed by atoms with Crippen molar-refractivity contribution in [2.75, 3.05) is 13.7 Å². The fourth-order valence-electron chi connectivity index (χ4n) is 3.12. The molecule has 0 aromatic heterocycles. The molecule has 1 heterocycles. The van der Waals surface area contributed by atoms with E-state index in [1.165, 1.54) is 12.1 Å². The first-order valence-electron chi connectivity index (χ1n) is 7.84. The summed E-state index contributed by atoms with van der Waals surface area (Å²) in [6, 6.07) is 11.8. The summed E-state index contributed by atoms with van der Waals surface area (Å²) in [7, 11) is 1.54. The van der Waals surface area contributed by atoms with E-state index < -0.39 is 11.6 Å². The summed E-state index contributed by atoms with van der Waals surface area (Å²) >= 11 is 0. The van der Waals surface area contributed by atoms with E-state index in [-0.39, 0.29) is 5.82 Å². The molecule has 1 unspecified atom stereocenters. The van der Waals surface area contributed by atoms with Crippen LogP contribution in [0.15, 0.2) is 42.5 Å². The van der Waals surface area contributed by atoms with E-state index in [1.54, 1.807) is 13.2 Å². The highest BCUT2D eigenvalue weighted by atomic mass is 19.1. The first-order chi connectivity index (χ1) is 11.5. The van der Waals surface area contributed by atoms with Gasteiger partial charge in [0.05, 0.1) is 7.11 Å². The van der Waals surface area contributed by atoms with Crippen LogP contribution in [0, 0.1) is 5.82 Å². The number of carbonyl (C=O) groups is 1. The maximum Gasteiger partial charge on any atom is 0.336 e. The second-order valence-corrected chi connectivity index (χ2v) is 5.97. The fourth-order valence-corrected chi connectivity index (χ4v) is 3.12. The molecule has 0 bridgehead atoms. The van der Waals surface area contributed by atoms with Gasteiger partial charge in [0.1, 0.15) is 11.6 Å². The van der Waals surface area contributed by atoms with Crippen LogP contribution in [0.1, 0.15) is 18.4 Å². The lowest BCUT2D eigenvalue weighted by molar-refractivity contribution is -0.159. The lowest BCUT2D eigenvalue weighted by Gasteiger charge is -2.23. The van der Waals surface area contributed by atoms with Crippen molar-refractivity contribution in [1.29, 1.82) is 0 Å². The molecule has 1 N–H and O–H groups in total. The number of halogens is 1. The van der Waals surface area contributed by atoms with Gasteiger partial charge in [0, 0.05) is 18.6 Å². The summed E-state index contributed by atoms with van der Waals surface area (Å²) in [5.74, 6) is -0.666. The molecule has 1 atom stereocenters. The minimum atomic E-state index is -1.13. The summed E-state index contributed by atoms with van der Waals surface area (Å²) in [6.45, 7) is 0.477. The lowest BCUT2D eigenvalue weighted by Crippen LogP contribution is -2.40. The molecule has 0 saturated carbocycles. The van der Waals surface area contributed by atoms with Crippen LogP contribution in [0.4, 0.5) is 4.39 Å². The summed E-state index contributed by atoms with van der Waals surface area (Å²) in [6.07, 6.45) is 1.59. The SMILES string of the molecule is COc1ccc(F)cc1-c1ccc(CC2(C(=O)O)CCCO2)cc1. The Morgan fingerprint density at radius 3 is 2.62 bits per heavy atom. The molecule has 3 rings (SSSR count). The maximum atomic E-state index is 13.5. The van der Waals surface area contributed by atoms with Crippen molar-refractivity contribution in [3.05, 3.63) is 53.8 Å². The zero-order valence-corrected chi connectivity index (χ0v) is 13.4. The third kappa shape index (κ3) is 3.12. The van der Waals surface area contributed by atoms with Gasteiger partial charge in [-0.05, 0) is 42.2 Å². The topological polar surface area (TPSA) is 55.8 Å². The number of carboxylic acids is 1. The van der Waals surface area contributed by atoms with Gasteiger partial charge in [-0.3, -0.25) is 0 Å². The Balaban J connectivity index is 1.86. The molecule has 1 saturated heterocycles. The predicted octanol–water partition coefficient (Wildman–Crippen LogP) is 3.68. The maximum absolute atomic E-state index is 13.5. The minimum absolute atomic E-state index is 0.322. The van der Waals surface area contributed by atoms with Gasteiger partial charge in [-0.15, -0.1) is 0 Å². The molecule has 2 aromatic carbocycles. The van der Waals surface area contributed by atoms with Gasteiger partial charge < -0.3 is 14.6 Å². The summed E-state index contributed by atoms with van der Waals surface area (Å²) in [5, 5.41) is 9.47. The summed E-state index contributed by atoms with van der Waals surface area (Å²) < 4.78 is 24.3. The molecule has 1 aliphatic heterocycles. The van der Waals surface area contributed by atoms with E-state index in [2.05, 4.69) is 0 Å². The molecule has 0 spiro atoms. The number of benzene rings is 2. The van der Waals surface area contributed by atoms with E-state index in [1.807, 2.05) is 24.3 Å². The summed E-state index contributed by atoms with van der Waals surface area (Å²) in [4.78, 5) is 11.6. The van der Waals surface area contributed by atoms with Crippen molar-refractivity contribution in [3.63, 3.8) is 0 Å². The number of aliphatic carboxylic acids is 1. The first kappa shape index (κ1) is 16.5. The minimum Gasteiger partial charge on any atom is -0.496 e. The van der Waals surface area contributed by atoms with E-state index in [4.69, 9.17) is 9.47 Å². The van der Waals surface area contributed by atoms with Crippen molar-refractivity contribution in [2.24, 2.45) is 0 Å². The second-order valence-electron chi connectivity index (χ2n) is 5.97. The molecule has 0 amide bonds. The number of carboxylic acid groups (broad SMARTS) is 1. The first-order valence-corrected chi connectivity index (χ1v) is 7.84. The summed E-state index contributed by atoms with van der Waals surface area (Å²) in [5.41, 5.74) is 1.22. The molecule has 4 nitrogen and oxygen atoms in total. The van der Waals surface area contributed by atoms with E-state index in [0.717, 1.165) is 17.5 Å². The third-order valence-electron chi connectivity index (χ3n) is 4.41. The highest BCUT2D eigenvalue weighted by molar-refractivity contribution is 5.78. The van der Waals surface area contributed by atoms with Crippen LogP contribution < -0.4 is 4.74 Å². The van der Waals surface area contributed by atoms with Gasteiger partial charge >= 0.3 is 5.97 Å². The third-order valence-corrected chi connectivity index (χ3v) is 4.41. The van der Waals surface area contributed by atoms with Crippen LogP contribution in [-0.4, -0.2) is 30.4 Å². The number of ether oxygens (including phenoxy) is 2. The van der Waals surface area contributed by atoms with Crippen LogP contribution in [0.5, 0.6) is 5.75 Å². The molecular weight excluding hydrogens is 311 g/mol. The molecule has 126 valence electrons. The Bertz CT molecular complexity index is 734. The smallest absolute Gasteiger partial charge is 0.336 e. The van der Waals surface area contributed by atoms with Crippen molar-refractivity contribution in [2.45, 2.75) is 24.9 Å². The van der Waals surface area contributed by atoms with Gasteiger partial charge in [-0.2, -0.15) is 0 Å². The zero-order valence-electron chi connectivity index (χ0n) is 13.4. The molecule has 24 heavy (non-hydrogen) atoms.